The molecule has 0 spiro atoms. The molecule has 0 radical (unpaired) electrons. The molecule has 0 aliphatic heterocycles. The van der Waals surface area contributed by atoms with Crippen LogP contribution in [0, 0.1) is 0 Å². The van der Waals surface area contributed by atoms with Gasteiger partial charge in [0.1, 0.15) is 0 Å². The lowest BCUT2D eigenvalue weighted by Crippen LogP contribution is -2.36. The van der Waals surface area contributed by atoms with Crippen LogP contribution in [0.1, 0.15) is 27.6 Å². The van der Waals surface area contributed by atoms with E-state index in [2.05, 4.69) is 25.0 Å². The molecule has 116 valence electrons. The van der Waals surface area contributed by atoms with Crippen molar-refractivity contribution in [2.24, 2.45) is 5.73 Å². The van der Waals surface area contributed by atoms with Gasteiger partial charge >= 0.3 is 0 Å². The lowest BCUT2D eigenvalue weighted by Gasteiger charge is -2.18. The van der Waals surface area contributed by atoms with E-state index < -0.39 is 14.0 Å². The van der Waals surface area contributed by atoms with Crippen LogP contribution in [0.5, 0.6) is 0 Å². The normalized spacial score (nSPS) is 12.8. The van der Waals surface area contributed by atoms with Gasteiger partial charge in [-0.15, -0.1) is 0 Å². The first-order valence-electron chi connectivity index (χ1n) is 6.98. The van der Waals surface area contributed by atoms with Crippen molar-refractivity contribution in [2.45, 2.75) is 32.6 Å². The number of primary amides is 1. The van der Waals surface area contributed by atoms with Crippen molar-refractivity contribution in [1.82, 2.24) is 5.32 Å². The smallest absolute Gasteiger partial charge is 0.252 e. The number of rotatable bonds is 7. The van der Waals surface area contributed by atoms with Crippen LogP contribution in [0.2, 0.25) is 19.6 Å². The molecule has 1 unspecified atom stereocenters. The first kappa shape index (κ1) is 17.8. The number of nitrogens with one attached hydrogen (secondary N) is 1. The van der Waals surface area contributed by atoms with Gasteiger partial charge in [0.25, 0.3) is 5.91 Å². The molecule has 1 aromatic rings. The van der Waals surface area contributed by atoms with Crippen molar-refractivity contribution in [1.29, 1.82) is 0 Å². The first-order valence-corrected chi connectivity index (χ1v) is 11.8. The molecular formula is C15H24N2O2SSi. The van der Waals surface area contributed by atoms with Gasteiger partial charge < -0.3 is 11.1 Å². The van der Waals surface area contributed by atoms with Crippen LogP contribution >= 0.6 is 11.8 Å². The minimum Gasteiger partial charge on any atom is -0.366 e. The predicted octanol–water partition coefficient (Wildman–Crippen LogP) is 2.51. The molecule has 0 heterocycles. The molecule has 0 saturated carbocycles. The third kappa shape index (κ3) is 6.35. The van der Waals surface area contributed by atoms with Crippen molar-refractivity contribution >= 4 is 31.7 Å². The van der Waals surface area contributed by atoms with Gasteiger partial charge in [0, 0.05) is 11.8 Å². The molecule has 6 heteroatoms. The second-order valence-electron chi connectivity index (χ2n) is 6.36. The first-order chi connectivity index (χ1) is 9.70. The number of hydrogen-bond acceptors (Lipinski definition) is 3. The average Bonchev–Trinajstić information content (AvgIpc) is 2.37. The van der Waals surface area contributed by atoms with Crippen molar-refractivity contribution in [3.05, 3.63) is 35.4 Å². The quantitative estimate of drug-likeness (QED) is 0.757. The number of carbonyl (C=O) groups is 2. The number of carbonyl (C=O) groups excluding carboxylic acids is 2. The zero-order valence-corrected chi connectivity index (χ0v) is 14.9. The molecule has 1 atom stereocenters. The highest BCUT2D eigenvalue weighted by atomic mass is 32.2. The largest absolute Gasteiger partial charge is 0.366 e. The van der Waals surface area contributed by atoms with Crippen LogP contribution < -0.4 is 11.1 Å². The highest BCUT2D eigenvalue weighted by Crippen LogP contribution is 2.13. The summed E-state index contributed by atoms with van der Waals surface area (Å²) in [7, 11) is -1.06. The summed E-state index contributed by atoms with van der Waals surface area (Å²) >= 11 is 1.87. The van der Waals surface area contributed by atoms with Gasteiger partial charge in [-0.1, -0.05) is 31.8 Å². The van der Waals surface area contributed by atoms with E-state index in [4.69, 9.17) is 5.73 Å². The molecule has 3 N–H and O–H groups in total. The van der Waals surface area contributed by atoms with Gasteiger partial charge in [-0.2, -0.15) is 11.8 Å². The zero-order valence-electron chi connectivity index (χ0n) is 13.1. The second kappa shape index (κ2) is 7.65. The van der Waals surface area contributed by atoms with Crippen LogP contribution in [0.15, 0.2) is 24.3 Å². The summed E-state index contributed by atoms with van der Waals surface area (Å²) in [5.41, 5.74) is 5.89. The summed E-state index contributed by atoms with van der Waals surface area (Å²) in [6.07, 6.45) is 0. The van der Waals surface area contributed by atoms with Gasteiger partial charge in [0.15, 0.2) is 0 Å². The molecule has 1 rings (SSSR count). The minimum atomic E-state index is -1.06. The summed E-state index contributed by atoms with van der Waals surface area (Å²) in [4.78, 5) is 23.6. The average molecular weight is 325 g/mol. The van der Waals surface area contributed by atoms with E-state index in [1.165, 1.54) is 5.38 Å². The fraction of sp³-hybridized carbons (Fsp3) is 0.467. The maximum Gasteiger partial charge on any atom is 0.252 e. The van der Waals surface area contributed by atoms with E-state index in [0.29, 0.717) is 5.56 Å². The lowest BCUT2D eigenvalue weighted by molar-refractivity contribution is 0.0928. The molecule has 0 aromatic heterocycles. The topological polar surface area (TPSA) is 72.2 Å². The highest BCUT2D eigenvalue weighted by molar-refractivity contribution is 8.00. The van der Waals surface area contributed by atoms with Gasteiger partial charge in [-0.25, -0.2) is 0 Å². The van der Waals surface area contributed by atoms with E-state index in [1.807, 2.05) is 18.7 Å². The Hall–Kier alpha value is -1.27. The van der Waals surface area contributed by atoms with E-state index in [-0.39, 0.29) is 17.5 Å². The van der Waals surface area contributed by atoms with Crippen LogP contribution in [-0.4, -0.2) is 37.1 Å². The van der Waals surface area contributed by atoms with E-state index in [9.17, 15) is 9.59 Å². The standard InChI is InChI=1S/C15H24N2O2SSi/c1-11(9-20-10-21(2,3)4)17-15(19)13-8-6-5-7-12(13)14(16)18/h5-8,11H,9-10H2,1-4H3,(H2,16,18)(H,17,19). The Bertz CT molecular complexity index is 515. The van der Waals surface area contributed by atoms with E-state index in [1.54, 1.807) is 24.3 Å². The Morgan fingerprint density at radius 1 is 1.24 bits per heavy atom. The number of amides is 2. The molecule has 1 aromatic carbocycles. The summed E-state index contributed by atoms with van der Waals surface area (Å²) < 4.78 is 0. The predicted molar refractivity (Wildman–Crippen MR) is 92.6 cm³/mol. The molecule has 2 amide bonds. The molecule has 0 aliphatic rings. The Balaban J connectivity index is 2.59. The molecular weight excluding hydrogens is 300 g/mol. The van der Waals surface area contributed by atoms with Crippen molar-refractivity contribution < 1.29 is 9.59 Å². The minimum absolute atomic E-state index is 0.0554. The number of thioether (sulfide) groups is 1. The maximum absolute atomic E-state index is 12.2. The Labute approximate surface area is 131 Å². The molecule has 0 fully saturated rings. The fourth-order valence-electron chi connectivity index (χ4n) is 1.78. The van der Waals surface area contributed by atoms with E-state index in [0.717, 1.165) is 5.75 Å². The van der Waals surface area contributed by atoms with Gasteiger partial charge in [0.2, 0.25) is 5.91 Å². The lowest BCUT2D eigenvalue weighted by atomic mass is 10.1. The molecule has 21 heavy (non-hydrogen) atoms. The Kier molecular flexibility index (Phi) is 6.48. The molecule has 0 bridgehead atoms. The number of hydrogen-bond donors (Lipinski definition) is 2. The SMILES string of the molecule is CC(CSC[Si](C)(C)C)NC(=O)c1ccccc1C(N)=O. The van der Waals surface area contributed by atoms with Crippen molar-refractivity contribution in [3.63, 3.8) is 0 Å². The molecule has 4 nitrogen and oxygen atoms in total. The Morgan fingerprint density at radius 2 is 1.81 bits per heavy atom. The van der Waals surface area contributed by atoms with E-state index >= 15 is 0 Å². The molecule has 0 saturated heterocycles. The molecule has 0 aliphatic carbocycles. The van der Waals surface area contributed by atoms with Crippen LogP contribution in [0.25, 0.3) is 0 Å². The Morgan fingerprint density at radius 3 is 2.33 bits per heavy atom. The summed E-state index contributed by atoms with van der Waals surface area (Å²) in [6, 6.07) is 6.68. The third-order valence-electron chi connectivity index (χ3n) is 2.72. The van der Waals surface area contributed by atoms with Gasteiger partial charge in [-0.05, 0) is 24.4 Å². The second-order valence-corrected chi connectivity index (χ2v) is 13.4. The zero-order chi connectivity index (χ0) is 16.0. The van der Waals surface area contributed by atoms with Gasteiger partial charge in [0.05, 0.1) is 19.2 Å². The number of benzene rings is 1. The van der Waals surface area contributed by atoms with Crippen molar-refractivity contribution in [3.8, 4) is 0 Å². The summed E-state index contributed by atoms with van der Waals surface area (Å²) in [6.45, 7) is 8.95. The monoisotopic (exact) mass is 324 g/mol. The highest BCUT2D eigenvalue weighted by Gasteiger charge is 2.17. The fourth-order valence-corrected chi connectivity index (χ4v) is 5.14. The third-order valence-corrected chi connectivity index (χ3v) is 7.73. The van der Waals surface area contributed by atoms with Crippen molar-refractivity contribution in [2.75, 3.05) is 11.1 Å². The summed E-state index contributed by atoms with van der Waals surface area (Å²) in [5, 5.41) is 4.10. The maximum atomic E-state index is 12.2. The van der Waals surface area contributed by atoms with Crippen LogP contribution in [0.3, 0.4) is 0 Å². The van der Waals surface area contributed by atoms with Gasteiger partial charge in [-0.3, -0.25) is 9.59 Å². The van der Waals surface area contributed by atoms with Crippen LogP contribution in [0.4, 0.5) is 0 Å². The van der Waals surface area contributed by atoms with Crippen LogP contribution in [-0.2, 0) is 0 Å². The summed E-state index contributed by atoms with van der Waals surface area (Å²) in [5.74, 6) is 0.0430. The number of nitrogens with two attached hydrogens (primary N) is 1.